The molecule has 0 saturated heterocycles. The van der Waals surface area contributed by atoms with Gasteiger partial charge >= 0.3 is 12.1 Å². The molecule has 0 fully saturated rings. The summed E-state index contributed by atoms with van der Waals surface area (Å²) in [6.45, 7) is 10.1. The maximum atomic E-state index is 14.0. The van der Waals surface area contributed by atoms with Crippen LogP contribution in [-0.4, -0.2) is 103 Å². The molecule has 0 unspecified atom stereocenters. The molecule has 19 heteroatoms. The third kappa shape index (κ3) is 10.9. The minimum atomic E-state index is -1.98. The van der Waals surface area contributed by atoms with Crippen LogP contribution in [0.2, 0.25) is 0 Å². The first-order chi connectivity index (χ1) is 31.2. The van der Waals surface area contributed by atoms with Gasteiger partial charge in [-0.15, -0.1) is 0 Å². The molecular weight excluding hydrogens is 845 g/mol. The lowest BCUT2D eigenvalue weighted by molar-refractivity contribution is -0.175. The van der Waals surface area contributed by atoms with E-state index in [9.17, 15) is 33.9 Å². The zero-order chi connectivity index (χ0) is 46.8. The highest BCUT2D eigenvalue weighted by Gasteiger charge is 2.51. The van der Waals surface area contributed by atoms with Gasteiger partial charge in [0.15, 0.2) is 0 Å². The van der Waals surface area contributed by atoms with Crippen LogP contribution in [-0.2, 0) is 79.4 Å². The highest BCUT2D eigenvalue weighted by atomic mass is 16.7. The molecule has 65 heavy (non-hydrogen) atoms. The summed E-state index contributed by atoms with van der Waals surface area (Å²) in [5, 5.41) is 19.0. The molecule has 6 N–H and O–H groups in total. The zero-order valence-corrected chi connectivity index (χ0v) is 37.2. The lowest BCUT2D eigenvalue weighted by Crippen LogP contribution is -2.54. The van der Waals surface area contributed by atoms with Gasteiger partial charge in [-0.3, -0.25) is 19.2 Å². The van der Waals surface area contributed by atoms with Crippen LogP contribution in [0.5, 0.6) is 5.75 Å². The Morgan fingerprint density at radius 3 is 2.29 bits per heavy atom. The van der Waals surface area contributed by atoms with Gasteiger partial charge in [0, 0.05) is 28.7 Å². The number of ether oxygens (including phenoxy) is 6. The number of aryl methyl sites for hydroxylation is 1. The van der Waals surface area contributed by atoms with Crippen molar-refractivity contribution in [1.29, 1.82) is 0 Å². The van der Waals surface area contributed by atoms with E-state index in [0.29, 0.717) is 60.9 Å². The van der Waals surface area contributed by atoms with Gasteiger partial charge in [-0.1, -0.05) is 39.8 Å². The normalized spacial score (nSPS) is 15.9. The number of carbonyl (C=O) groups excluding carboxylic acids is 5. The summed E-state index contributed by atoms with van der Waals surface area (Å²) < 4.78 is 34.2. The van der Waals surface area contributed by atoms with Gasteiger partial charge in [0.05, 0.1) is 62.0 Å². The van der Waals surface area contributed by atoms with E-state index >= 15 is 0 Å². The number of carbonyl (C=O) groups is 5. The molecule has 2 aliphatic rings. The SMILES string of the molecule is CCc1c2c(nc3ccc(O)cc13)-c1cc3c(c(=O)n1C2)COC(=O)[C@@]3(CC)OC(=O)OCc1ccc(NC(=O)[C@H](C)NC(=O)[C@@H](NC(=O)COCCOCCOCCN)C(C)C)cc1. The van der Waals surface area contributed by atoms with Crippen molar-refractivity contribution < 1.29 is 57.5 Å². The number of phenolic OH excluding ortho intramolecular Hbond substituents is 1. The number of cyclic esters (lactones) is 1. The van der Waals surface area contributed by atoms with Crippen molar-refractivity contribution in [1.82, 2.24) is 20.2 Å². The Bertz CT molecular complexity index is 2470. The van der Waals surface area contributed by atoms with Crippen LogP contribution in [0, 0.1) is 5.92 Å². The highest BCUT2D eigenvalue weighted by Crippen LogP contribution is 2.42. The Morgan fingerprint density at radius 2 is 1.62 bits per heavy atom. The van der Waals surface area contributed by atoms with Crippen molar-refractivity contribution in [2.75, 3.05) is 51.5 Å². The van der Waals surface area contributed by atoms with Gasteiger partial charge in [0.25, 0.3) is 5.56 Å². The smallest absolute Gasteiger partial charge is 0.508 e. The second-order valence-electron chi connectivity index (χ2n) is 16.0. The topological polar surface area (TPSA) is 258 Å². The summed E-state index contributed by atoms with van der Waals surface area (Å²) in [5.41, 5.74) is 7.68. The van der Waals surface area contributed by atoms with Crippen LogP contribution >= 0.6 is 0 Å². The average molecular weight is 901 g/mol. The molecule has 3 amide bonds. The van der Waals surface area contributed by atoms with Crippen molar-refractivity contribution in [3.63, 3.8) is 0 Å². The second-order valence-corrected chi connectivity index (χ2v) is 16.0. The molecule has 348 valence electrons. The van der Waals surface area contributed by atoms with Gasteiger partial charge in [0.2, 0.25) is 23.3 Å². The Kier molecular flexibility index (Phi) is 15.9. The fourth-order valence-electron chi connectivity index (χ4n) is 7.77. The number of amides is 3. The lowest BCUT2D eigenvalue weighted by atomic mass is 9.85. The molecule has 4 aromatic rings. The number of anilines is 1. The zero-order valence-electron chi connectivity index (χ0n) is 37.2. The lowest BCUT2D eigenvalue weighted by Gasteiger charge is -2.35. The number of benzene rings is 2. The molecule has 2 aromatic carbocycles. The minimum absolute atomic E-state index is 0.0620. The predicted octanol–water partition coefficient (Wildman–Crippen LogP) is 3.30. The van der Waals surface area contributed by atoms with Crippen molar-refractivity contribution in [3.05, 3.63) is 86.7 Å². The molecule has 3 atom stereocenters. The fraction of sp³-hybridized carbons (Fsp3) is 0.457. The van der Waals surface area contributed by atoms with Gasteiger partial charge in [-0.05, 0) is 73.2 Å². The van der Waals surface area contributed by atoms with Crippen LogP contribution < -0.4 is 27.2 Å². The van der Waals surface area contributed by atoms with E-state index in [4.69, 9.17) is 39.1 Å². The van der Waals surface area contributed by atoms with E-state index in [0.717, 1.165) is 16.5 Å². The molecule has 0 aliphatic carbocycles. The summed E-state index contributed by atoms with van der Waals surface area (Å²) in [4.78, 5) is 84.4. The predicted molar refractivity (Wildman–Crippen MR) is 236 cm³/mol. The number of nitrogens with zero attached hydrogens (tertiary/aromatic N) is 2. The average Bonchev–Trinajstić information content (AvgIpc) is 3.65. The Labute approximate surface area is 375 Å². The standard InChI is InChI=1S/C46H56N6O13/c1-6-31-32-20-30(53)12-13-36(32)50-40-33(31)22-52-37(40)21-35-34(43(52)57)24-63-44(58)46(35,7-2)65-45(59)64-23-28-8-10-29(11-9-28)49-41(55)27(5)48-42(56)39(26(3)4)51-38(54)25-62-19-18-61-17-16-60-15-14-47/h8-13,20-21,26-27,39,53H,6-7,14-19,22-25,47H2,1-5H3,(H,48,56)(H,49,55)(H,51,54)/t27-,39-,46-/m0/s1. The highest BCUT2D eigenvalue weighted by molar-refractivity contribution is 5.98. The minimum Gasteiger partial charge on any atom is -0.508 e. The van der Waals surface area contributed by atoms with Crippen LogP contribution in [0.1, 0.15) is 68.9 Å². The number of hydrogen-bond donors (Lipinski definition) is 5. The summed E-state index contributed by atoms with van der Waals surface area (Å²) >= 11 is 0. The monoisotopic (exact) mass is 900 g/mol. The number of aromatic hydroxyl groups is 1. The number of hydrogen-bond acceptors (Lipinski definition) is 15. The molecule has 0 saturated carbocycles. The van der Waals surface area contributed by atoms with Gasteiger partial charge in [-0.2, -0.15) is 0 Å². The Hall–Kier alpha value is -6.41. The first-order valence-electron chi connectivity index (χ1n) is 21.6. The number of rotatable bonds is 21. The van der Waals surface area contributed by atoms with Crippen molar-refractivity contribution in [2.45, 2.75) is 84.9 Å². The van der Waals surface area contributed by atoms with Crippen molar-refractivity contribution in [2.24, 2.45) is 11.7 Å². The maximum absolute atomic E-state index is 14.0. The molecule has 19 nitrogen and oxygen atoms in total. The quantitative estimate of drug-likeness (QED) is 0.0523. The molecule has 0 bridgehead atoms. The molecule has 0 spiro atoms. The van der Waals surface area contributed by atoms with Crippen LogP contribution in [0.4, 0.5) is 10.5 Å². The first-order valence-corrected chi connectivity index (χ1v) is 21.6. The molecule has 0 radical (unpaired) electrons. The third-order valence-corrected chi connectivity index (χ3v) is 11.2. The molecule has 6 rings (SSSR count). The second kappa shape index (κ2) is 21.5. The molecule has 2 aromatic heterocycles. The summed E-state index contributed by atoms with van der Waals surface area (Å²) in [7, 11) is 0. The van der Waals surface area contributed by atoms with E-state index in [2.05, 4.69) is 16.0 Å². The van der Waals surface area contributed by atoms with Crippen LogP contribution in [0.25, 0.3) is 22.3 Å². The Morgan fingerprint density at radius 1 is 0.908 bits per heavy atom. The van der Waals surface area contributed by atoms with Gasteiger partial charge < -0.3 is 59.8 Å². The number of nitrogens with one attached hydrogen (secondary N) is 3. The third-order valence-electron chi connectivity index (χ3n) is 11.2. The van der Waals surface area contributed by atoms with Crippen LogP contribution in [0.15, 0.2) is 53.3 Å². The van der Waals surface area contributed by atoms with E-state index in [1.165, 1.54) is 6.92 Å². The van der Waals surface area contributed by atoms with E-state index in [-0.39, 0.29) is 68.8 Å². The van der Waals surface area contributed by atoms with E-state index in [1.54, 1.807) is 73.9 Å². The van der Waals surface area contributed by atoms with Gasteiger partial charge in [0.1, 0.15) is 37.7 Å². The number of phenols is 1. The van der Waals surface area contributed by atoms with E-state index in [1.807, 2.05) is 6.92 Å². The number of fused-ring (bicyclic) bond motifs is 5. The Balaban J connectivity index is 1.03. The molecular formula is C46H56N6O13. The summed E-state index contributed by atoms with van der Waals surface area (Å²) in [6.07, 6.45) is -0.621. The van der Waals surface area contributed by atoms with Crippen molar-refractivity contribution >= 4 is 46.4 Å². The molecule has 4 heterocycles. The number of aromatic nitrogens is 2. The molecule has 2 aliphatic heterocycles. The number of esters is 1. The summed E-state index contributed by atoms with van der Waals surface area (Å²) in [6, 6.07) is 11.0. The largest absolute Gasteiger partial charge is 0.510 e. The number of nitrogens with two attached hydrogens (primary N) is 1. The summed E-state index contributed by atoms with van der Waals surface area (Å²) in [5.74, 6) is -2.62. The van der Waals surface area contributed by atoms with E-state index < -0.39 is 53.1 Å². The fourth-order valence-corrected chi connectivity index (χ4v) is 7.77. The van der Waals surface area contributed by atoms with Crippen molar-refractivity contribution in [3.8, 4) is 17.1 Å². The first kappa shape index (κ1) is 48.1. The van der Waals surface area contributed by atoms with Crippen LogP contribution in [0.3, 0.4) is 0 Å². The number of pyridine rings is 2. The maximum Gasteiger partial charge on any atom is 0.510 e. The van der Waals surface area contributed by atoms with Gasteiger partial charge in [-0.25, -0.2) is 14.6 Å².